The number of hydrogen-bond acceptors (Lipinski definition) is 7. The first-order chi connectivity index (χ1) is 16.1. The van der Waals surface area contributed by atoms with Crippen molar-refractivity contribution in [1.29, 1.82) is 0 Å². The molecule has 0 fully saturated rings. The molecule has 9 heteroatoms. The van der Waals surface area contributed by atoms with Crippen molar-refractivity contribution < 1.29 is 23.9 Å². The first-order valence-electron chi connectivity index (χ1n) is 10.3. The van der Waals surface area contributed by atoms with Crippen LogP contribution in [0, 0.1) is 0 Å². The van der Waals surface area contributed by atoms with Crippen molar-refractivity contribution in [2.24, 2.45) is 0 Å². The summed E-state index contributed by atoms with van der Waals surface area (Å²) in [7, 11) is 0. The molecule has 8 nitrogen and oxygen atoms in total. The number of halogens is 1. The molecule has 0 atom stereocenters. The molecule has 1 aliphatic rings. The number of nitrogens with one attached hydrogen (secondary N) is 2. The summed E-state index contributed by atoms with van der Waals surface area (Å²) in [5.74, 6) is 1.03. The van der Waals surface area contributed by atoms with Crippen LogP contribution in [0.15, 0.2) is 59.1 Å². The summed E-state index contributed by atoms with van der Waals surface area (Å²) in [5.41, 5.74) is 3.94. The van der Waals surface area contributed by atoms with Crippen LogP contribution in [0.2, 0.25) is 5.02 Å². The number of benzene rings is 3. The van der Waals surface area contributed by atoms with Gasteiger partial charge in [-0.2, -0.15) is 0 Å². The van der Waals surface area contributed by atoms with E-state index in [9.17, 15) is 4.79 Å². The number of carboxylic acids is 1. The van der Waals surface area contributed by atoms with Gasteiger partial charge in [0.2, 0.25) is 0 Å². The summed E-state index contributed by atoms with van der Waals surface area (Å²) in [6.45, 7) is 1.34. The van der Waals surface area contributed by atoms with Crippen LogP contribution in [0.3, 0.4) is 0 Å². The van der Waals surface area contributed by atoms with Crippen LogP contribution in [-0.4, -0.2) is 36.0 Å². The van der Waals surface area contributed by atoms with Crippen LogP contribution in [0.1, 0.15) is 5.56 Å². The zero-order valence-corrected chi connectivity index (χ0v) is 18.2. The van der Waals surface area contributed by atoms with Crippen molar-refractivity contribution in [3.05, 3.63) is 65.2 Å². The van der Waals surface area contributed by atoms with E-state index >= 15 is 0 Å². The minimum atomic E-state index is -0.907. The van der Waals surface area contributed by atoms with Gasteiger partial charge in [-0.3, -0.25) is 4.79 Å². The number of rotatable bonds is 7. The van der Waals surface area contributed by atoms with Gasteiger partial charge in [0, 0.05) is 12.1 Å². The molecule has 0 unspecified atom stereocenters. The highest BCUT2D eigenvalue weighted by atomic mass is 35.5. The third kappa shape index (κ3) is 4.44. The Morgan fingerprint density at radius 1 is 1.06 bits per heavy atom. The average molecular weight is 466 g/mol. The minimum absolute atomic E-state index is 0.116. The average Bonchev–Trinajstić information content (AvgIpc) is 3.22. The van der Waals surface area contributed by atoms with Gasteiger partial charge in [0.25, 0.3) is 0 Å². The maximum atomic E-state index is 10.7. The van der Waals surface area contributed by atoms with Gasteiger partial charge in [0.15, 0.2) is 22.9 Å². The number of nitrogens with zero attached hydrogens (tertiary/aromatic N) is 1. The predicted molar refractivity (Wildman–Crippen MR) is 125 cm³/mol. The second kappa shape index (κ2) is 9.01. The summed E-state index contributed by atoms with van der Waals surface area (Å²) in [6, 6.07) is 17.0. The molecule has 4 aromatic rings. The highest BCUT2D eigenvalue weighted by molar-refractivity contribution is 6.36. The van der Waals surface area contributed by atoms with E-state index in [-0.39, 0.29) is 6.54 Å². The molecule has 1 aliphatic heterocycles. The molecule has 3 aromatic carbocycles. The Balaban J connectivity index is 1.42. The number of hydrogen-bond donors (Lipinski definition) is 3. The van der Waals surface area contributed by atoms with Gasteiger partial charge in [-0.25, -0.2) is 0 Å². The summed E-state index contributed by atoms with van der Waals surface area (Å²) in [6.07, 6.45) is 0. The molecule has 0 bridgehead atoms. The normalized spacial score (nSPS) is 12.6. The molecular weight excluding hydrogens is 446 g/mol. The summed E-state index contributed by atoms with van der Waals surface area (Å²) >= 11 is 6.77. The van der Waals surface area contributed by atoms with E-state index in [1.807, 2.05) is 48.5 Å². The quantitative estimate of drug-likeness (QED) is 0.356. The highest BCUT2D eigenvalue weighted by Crippen LogP contribution is 2.40. The lowest BCUT2D eigenvalue weighted by Gasteiger charge is -2.19. The Morgan fingerprint density at radius 2 is 1.91 bits per heavy atom. The maximum absolute atomic E-state index is 10.7. The van der Waals surface area contributed by atoms with Crippen molar-refractivity contribution in [3.8, 4) is 22.6 Å². The minimum Gasteiger partial charge on any atom is -0.486 e. The molecule has 33 heavy (non-hydrogen) atoms. The number of aromatic nitrogens is 1. The van der Waals surface area contributed by atoms with Crippen molar-refractivity contribution in [1.82, 2.24) is 10.5 Å². The Hall–Kier alpha value is -3.75. The lowest BCUT2D eigenvalue weighted by Crippen LogP contribution is -2.21. The lowest BCUT2D eigenvalue weighted by atomic mass is 10.0. The number of ether oxygens (including phenoxy) is 2. The van der Waals surface area contributed by atoms with Gasteiger partial charge < -0.3 is 29.7 Å². The Morgan fingerprint density at radius 3 is 2.76 bits per heavy atom. The molecule has 0 saturated heterocycles. The standard InChI is InChI=1S/C24H20ClN3O5/c25-23-16(15-5-7-20-21(11-15)32-9-8-31-20)2-1-3-18(23)27-24-17-10-14(12-26-13-22(29)30)4-6-19(17)33-28-24/h1-7,10-11,26H,8-9,12-13H2,(H,27,28)(H,29,30). The third-order valence-electron chi connectivity index (χ3n) is 5.24. The summed E-state index contributed by atoms with van der Waals surface area (Å²) in [4.78, 5) is 10.7. The van der Waals surface area contributed by atoms with E-state index in [1.165, 1.54) is 0 Å². The number of aliphatic carboxylic acids is 1. The van der Waals surface area contributed by atoms with Gasteiger partial charge in [-0.1, -0.05) is 41.0 Å². The van der Waals surface area contributed by atoms with E-state index in [0.717, 1.165) is 27.8 Å². The molecule has 3 N–H and O–H groups in total. The fourth-order valence-corrected chi connectivity index (χ4v) is 3.97. The molecular formula is C24H20ClN3O5. The van der Waals surface area contributed by atoms with Gasteiger partial charge in [-0.15, -0.1) is 0 Å². The summed E-state index contributed by atoms with van der Waals surface area (Å²) < 4.78 is 16.7. The predicted octanol–water partition coefficient (Wildman–Crippen LogP) is 4.84. The highest BCUT2D eigenvalue weighted by Gasteiger charge is 2.16. The molecule has 0 saturated carbocycles. The summed E-state index contributed by atoms with van der Waals surface area (Å²) in [5, 5.41) is 20.4. The zero-order chi connectivity index (χ0) is 22.8. The maximum Gasteiger partial charge on any atom is 0.317 e. The Labute approximate surface area is 194 Å². The van der Waals surface area contributed by atoms with Crippen molar-refractivity contribution in [3.63, 3.8) is 0 Å². The monoisotopic (exact) mass is 465 g/mol. The van der Waals surface area contributed by atoms with Crippen LogP contribution < -0.4 is 20.1 Å². The first kappa shape index (κ1) is 21.1. The third-order valence-corrected chi connectivity index (χ3v) is 5.65. The largest absolute Gasteiger partial charge is 0.486 e. The van der Waals surface area contributed by atoms with Crippen molar-refractivity contribution >= 4 is 40.0 Å². The molecule has 2 heterocycles. The van der Waals surface area contributed by atoms with Crippen molar-refractivity contribution in [2.45, 2.75) is 6.54 Å². The van der Waals surface area contributed by atoms with E-state index in [1.54, 1.807) is 6.07 Å². The number of anilines is 2. The van der Waals surface area contributed by atoms with E-state index in [4.69, 9.17) is 30.7 Å². The fraction of sp³-hybridized carbons (Fsp3) is 0.167. The van der Waals surface area contributed by atoms with Gasteiger partial charge in [0.05, 0.1) is 22.6 Å². The van der Waals surface area contributed by atoms with E-state index in [0.29, 0.717) is 47.6 Å². The smallest absolute Gasteiger partial charge is 0.317 e. The van der Waals surface area contributed by atoms with Gasteiger partial charge >= 0.3 is 5.97 Å². The SMILES string of the molecule is O=C(O)CNCc1ccc2onc(Nc3cccc(-c4ccc5c(c4)OCCO5)c3Cl)c2c1. The Bertz CT molecular complexity index is 1340. The molecule has 1 aromatic heterocycles. The topological polar surface area (TPSA) is 106 Å². The second-order valence-corrected chi connectivity index (χ2v) is 7.89. The van der Waals surface area contributed by atoms with Crippen LogP contribution in [0.5, 0.6) is 11.5 Å². The van der Waals surface area contributed by atoms with Gasteiger partial charge in [-0.05, 0) is 41.5 Å². The van der Waals surface area contributed by atoms with E-state index < -0.39 is 5.97 Å². The van der Waals surface area contributed by atoms with E-state index in [2.05, 4.69) is 15.8 Å². The second-order valence-electron chi connectivity index (χ2n) is 7.51. The number of fused-ring (bicyclic) bond motifs is 2. The molecule has 0 aliphatic carbocycles. The number of carbonyl (C=O) groups is 1. The molecule has 0 spiro atoms. The zero-order valence-electron chi connectivity index (χ0n) is 17.4. The lowest BCUT2D eigenvalue weighted by molar-refractivity contribution is -0.135. The van der Waals surface area contributed by atoms with Gasteiger partial charge in [0.1, 0.15) is 13.2 Å². The molecule has 5 rings (SSSR count). The van der Waals surface area contributed by atoms with Crippen LogP contribution >= 0.6 is 11.6 Å². The molecule has 0 radical (unpaired) electrons. The van der Waals surface area contributed by atoms with Crippen molar-refractivity contribution in [2.75, 3.05) is 25.1 Å². The molecule has 0 amide bonds. The Kier molecular flexibility index (Phi) is 5.77. The fourth-order valence-electron chi connectivity index (χ4n) is 3.69. The molecule has 168 valence electrons. The number of carboxylic acid groups (broad SMARTS) is 1. The van der Waals surface area contributed by atoms with Crippen LogP contribution in [-0.2, 0) is 11.3 Å². The first-order valence-corrected chi connectivity index (χ1v) is 10.7. The van der Waals surface area contributed by atoms with Crippen LogP contribution in [0.25, 0.3) is 22.1 Å². The van der Waals surface area contributed by atoms with Crippen LogP contribution in [0.4, 0.5) is 11.5 Å².